The van der Waals surface area contributed by atoms with Gasteiger partial charge < -0.3 is 14.2 Å². The molecule has 0 aliphatic carbocycles. The predicted molar refractivity (Wildman–Crippen MR) is 63.1 cm³/mol. The molecule has 1 heterocycles. The Morgan fingerprint density at radius 2 is 1.88 bits per heavy atom. The molecular formula is C10H18ClN3O3. The van der Waals surface area contributed by atoms with E-state index in [1.165, 1.54) is 6.33 Å². The lowest BCUT2D eigenvalue weighted by atomic mass is 10.6. The number of hydrogen-bond donors (Lipinski definition) is 0. The lowest BCUT2D eigenvalue weighted by Gasteiger charge is -2.06. The molecule has 0 saturated carbocycles. The number of ether oxygens (including phenoxy) is 3. The molecule has 0 fully saturated rings. The highest BCUT2D eigenvalue weighted by Gasteiger charge is 2.01. The van der Waals surface area contributed by atoms with Crippen LogP contribution in [0.5, 0.6) is 0 Å². The van der Waals surface area contributed by atoms with Crippen molar-refractivity contribution in [2.24, 2.45) is 0 Å². The van der Waals surface area contributed by atoms with Gasteiger partial charge in [0.15, 0.2) is 0 Å². The lowest BCUT2D eigenvalue weighted by molar-refractivity contribution is 0.0224. The minimum Gasteiger partial charge on any atom is -0.382 e. The molecule has 0 saturated heterocycles. The third kappa shape index (κ3) is 5.97. The molecule has 1 aromatic heterocycles. The average molecular weight is 264 g/mol. The Balaban J connectivity index is 1.97. The summed E-state index contributed by atoms with van der Waals surface area (Å²) in [5, 5.41) is 4.04. The monoisotopic (exact) mass is 263 g/mol. The van der Waals surface area contributed by atoms with E-state index in [-0.39, 0.29) is 0 Å². The van der Waals surface area contributed by atoms with E-state index in [2.05, 4.69) is 10.1 Å². The third-order valence-electron chi connectivity index (χ3n) is 2.07. The normalized spacial score (nSPS) is 10.9. The molecule has 6 nitrogen and oxygen atoms in total. The van der Waals surface area contributed by atoms with Gasteiger partial charge in [0, 0.05) is 7.11 Å². The van der Waals surface area contributed by atoms with Crippen LogP contribution in [0.3, 0.4) is 0 Å². The van der Waals surface area contributed by atoms with Crippen LogP contribution in [-0.4, -0.2) is 54.9 Å². The van der Waals surface area contributed by atoms with E-state index in [1.807, 2.05) is 0 Å². The molecule has 0 unspecified atom stereocenters. The van der Waals surface area contributed by atoms with Crippen molar-refractivity contribution < 1.29 is 14.2 Å². The van der Waals surface area contributed by atoms with Gasteiger partial charge in [-0.15, -0.1) is 11.6 Å². The number of hydrogen-bond acceptors (Lipinski definition) is 5. The van der Waals surface area contributed by atoms with E-state index >= 15 is 0 Å². The van der Waals surface area contributed by atoms with Crippen molar-refractivity contribution in [3.05, 3.63) is 12.2 Å². The topological polar surface area (TPSA) is 58.4 Å². The third-order valence-corrected chi connectivity index (χ3v) is 2.31. The van der Waals surface area contributed by atoms with Gasteiger partial charge in [0.2, 0.25) is 0 Å². The van der Waals surface area contributed by atoms with Gasteiger partial charge >= 0.3 is 0 Å². The summed E-state index contributed by atoms with van der Waals surface area (Å²) in [5.41, 5.74) is 0. The van der Waals surface area contributed by atoms with Crippen molar-refractivity contribution in [1.29, 1.82) is 0 Å². The second-order valence-electron chi connectivity index (χ2n) is 3.25. The molecule has 0 radical (unpaired) electrons. The maximum atomic E-state index is 5.69. The van der Waals surface area contributed by atoms with Gasteiger partial charge in [0.05, 0.1) is 45.5 Å². The Bertz CT molecular complexity index is 296. The second kappa shape index (κ2) is 9.35. The van der Waals surface area contributed by atoms with Crippen LogP contribution in [0.15, 0.2) is 6.33 Å². The maximum Gasteiger partial charge on any atom is 0.141 e. The molecule has 1 rings (SSSR count). The van der Waals surface area contributed by atoms with Gasteiger partial charge in [-0.05, 0) is 0 Å². The Hall–Kier alpha value is -0.690. The highest BCUT2D eigenvalue weighted by atomic mass is 35.5. The van der Waals surface area contributed by atoms with Crippen LogP contribution < -0.4 is 0 Å². The molecule has 0 aromatic carbocycles. The average Bonchev–Trinajstić information content (AvgIpc) is 2.80. The fourth-order valence-corrected chi connectivity index (χ4v) is 1.40. The minimum atomic E-state index is 0.361. The summed E-state index contributed by atoms with van der Waals surface area (Å²) in [7, 11) is 1.65. The van der Waals surface area contributed by atoms with E-state index < -0.39 is 0 Å². The van der Waals surface area contributed by atoms with Crippen molar-refractivity contribution in [2.45, 2.75) is 12.4 Å². The first-order chi connectivity index (χ1) is 8.38. The van der Waals surface area contributed by atoms with Crippen LogP contribution in [0.4, 0.5) is 0 Å². The number of alkyl halides is 1. The van der Waals surface area contributed by atoms with Gasteiger partial charge in [-0.25, -0.2) is 9.67 Å². The standard InChI is InChI=1S/C10H18ClN3O3/c1-15-4-5-17-7-6-16-3-2-14-10(8-11)12-9-13-14/h9H,2-8H2,1H3. The van der Waals surface area contributed by atoms with Crippen LogP contribution in [0.25, 0.3) is 0 Å². The summed E-state index contributed by atoms with van der Waals surface area (Å²) < 4.78 is 17.2. The van der Waals surface area contributed by atoms with Gasteiger partial charge in [-0.1, -0.05) is 0 Å². The van der Waals surface area contributed by atoms with Crippen molar-refractivity contribution in [2.75, 3.05) is 40.1 Å². The summed E-state index contributed by atoms with van der Waals surface area (Å²) in [5.74, 6) is 1.12. The van der Waals surface area contributed by atoms with Crippen LogP contribution in [0.1, 0.15) is 5.82 Å². The number of nitrogens with zero attached hydrogens (tertiary/aromatic N) is 3. The summed E-state index contributed by atoms with van der Waals surface area (Å²) in [4.78, 5) is 4.01. The lowest BCUT2D eigenvalue weighted by Crippen LogP contribution is -2.13. The van der Waals surface area contributed by atoms with E-state index in [1.54, 1.807) is 11.8 Å². The summed E-state index contributed by atoms with van der Waals surface area (Å²) in [6.07, 6.45) is 1.49. The SMILES string of the molecule is COCCOCCOCCn1ncnc1CCl. The molecule has 98 valence electrons. The fourth-order valence-electron chi connectivity index (χ4n) is 1.19. The summed E-state index contributed by atoms with van der Waals surface area (Å²) in [6.45, 7) is 3.57. The zero-order valence-electron chi connectivity index (χ0n) is 9.97. The molecule has 0 spiro atoms. The first kappa shape index (κ1) is 14.4. The van der Waals surface area contributed by atoms with E-state index in [0.29, 0.717) is 45.5 Å². The Morgan fingerprint density at radius 1 is 1.18 bits per heavy atom. The van der Waals surface area contributed by atoms with Crippen LogP contribution in [0, 0.1) is 0 Å². The largest absolute Gasteiger partial charge is 0.382 e. The molecule has 0 aliphatic rings. The van der Waals surface area contributed by atoms with Gasteiger partial charge in [0.25, 0.3) is 0 Å². The van der Waals surface area contributed by atoms with E-state index in [4.69, 9.17) is 25.8 Å². The number of halogens is 1. The zero-order valence-corrected chi connectivity index (χ0v) is 10.7. The predicted octanol–water partition coefficient (Wildman–Crippen LogP) is 0.697. The van der Waals surface area contributed by atoms with Crippen molar-refractivity contribution in [3.8, 4) is 0 Å². The number of aromatic nitrogens is 3. The first-order valence-electron chi connectivity index (χ1n) is 5.45. The van der Waals surface area contributed by atoms with Gasteiger partial charge in [0.1, 0.15) is 12.2 Å². The molecule has 1 aromatic rings. The van der Waals surface area contributed by atoms with Crippen molar-refractivity contribution >= 4 is 11.6 Å². The summed E-state index contributed by atoms with van der Waals surface area (Å²) >= 11 is 5.69. The Kier molecular flexibility index (Phi) is 7.91. The molecule has 0 bridgehead atoms. The smallest absolute Gasteiger partial charge is 0.141 e. The molecule has 0 aliphatic heterocycles. The molecule has 0 amide bonds. The first-order valence-corrected chi connectivity index (χ1v) is 5.99. The number of methoxy groups -OCH3 is 1. The number of rotatable bonds is 10. The molecular weight excluding hydrogens is 246 g/mol. The van der Waals surface area contributed by atoms with E-state index in [0.717, 1.165) is 5.82 Å². The minimum absolute atomic E-state index is 0.361. The quantitative estimate of drug-likeness (QED) is 0.459. The second-order valence-corrected chi connectivity index (χ2v) is 3.52. The summed E-state index contributed by atoms with van der Waals surface area (Å²) in [6, 6.07) is 0. The fraction of sp³-hybridized carbons (Fsp3) is 0.800. The van der Waals surface area contributed by atoms with Gasteiger partial charge in [-0.3, -0.25) is 0 Å². The van der Waals surface area contributed by atoms with Crippen molar-refractivity contribution in [1.82, 2.24) is 14.8 Å². The molecule has 0 N–H and O–H groups in total. The molecule has 17 heavy (non-hydrogen) atoms. The zero-order chi connectivity index (χ0) is 12.3. The Labute approximate surface area is 106 Å². The maximum absolute atomic E-state index is 5.69. The van der Waals surface area contributed by atoms with Crippen LogP contribution in [0.2, 0.25) is 0 Å². The Morgan fingerprint density at radius 3 is 2.59 bits per heavy atom. The van der Waals surface area contributed by atoms with Crippen molar-refractivity contribution in [3.63, 3.8) is 0 Å². The van der Waals surface area contributed by atoms with E-state index in [9.17, 15) is 0 Å². The van der Waals surface area contributed by atoms with Crippen LogP contribution in [-0.2, 0) is 26.6 Å². The van der Waals surface area contributed by atoms with Crippen LogP contribution >= 0.6 is 11.6 Å². The highest BCUT2D eigenvalue weighted by molar-refractivity contribution is 6.16. The molecule has 7 heteroatoms. The van der Waals surface area contributed by atoms with Gasteiger partial charge in [-0.2, -0.15) is 5.10 Å². The molecule has 0 atom stereocenters. The highest BCUT2D eigenvalue weighted by Crippen LogP contribution is 1.98.